The number of allylic oxidation sites excluding steroid dienone is 1. The molecule has 30 heavy (non-hydrogen) atoms. The molecule has 0 unspecified atom stereocenters. The van der Waals surface area contributed by atoms with E-state index >= 15 is 0 Å². The number of methoxy groups -OCH3 is 2. The van der Waals surface area contributed by atoms with Crippen molar-refractivity contribution in [1.29, 1.82) is 0 Å². The minimum Gasteiger partial charge on any atom is -0.497 e. The maximum absolute atomic E-state index is 13.1. The van der Waals surface area contributed by atoms with Crippen LogP contribution in [0.2, 0.25) is 0 Å². The van der Waals surface area contributed by atoms with Gasteiger partial charge in [-0.15, -0.1) is 0 Å². The topological polar surface area (TPSA) is 99.0 Å². The smallest absolute Gasteiger partial charge is 0.421 e. The molecule has 0 saturated heterocycles. The molecular weight excluding hydrogens is 388 g/mol. The van der Waals surface area contributed by atoms with Gasteiger partial charge >= 0.3 is 6.09 Å². The van der Waals surface area contributed by atoms with Gasteiger partial charge in [0.1, 0.15) is 5.75 Å². The summed E-state index contributed by atoms with van der Waals surface area (Å²) in [5.74, 6) is -0.434. The van der Waals surface area contributed by atoms with Crippen LogP contribution < -0.4 is 9.64 Å². The lowest BCUT2D eigenvalue weighted by atomic mass is 9.89. The minimum absolute atomic E-state index is 0.265. The number of fused-ring (bicyclic) bond motifs is 1. The largest absolute Gasteiger partial charge is 0.497 e. The van der Waals surface area contributed by atoms with E-state index in [-0.39, 0.29) is 11.5 Å². The van der Waals surface area contributed by atoms with Gasteiger partial charge in [-0.1, -0.05) is 35.9 Å². The maximum atomic E-state index is 13.1. The highest BCUT2D eigenvalue weighted by atomic mass is 16.6. The Morgan fingerprint density at radius 3 is 2.47 bits per heavy atom. The molecule has 1 aliphatic heterocycles. The van der Waals surface area contributed by atoms with E-state index in [0.717, 1.165) is 10.5 Å². The highest BCUT2D eigenvalue weighted by Crippen LogP contribution is 2.42. The molecule has 0 spiro atoms. The molecule has 2 aromatic carbocycles. The third-order valence-electron chi connectivity index (χ3n) is 5.11. The molecule has 0 aromatic heterocycles. The van der Waals surface area contributed by atoms with E-state index in [1.54, 1.807) is 25.1 Å². The lowest BCUT2D eigenvalue weighted by Gasteiger charge is -2.16. The molecule has 1 aliphatic rings. The standard InChI is InChI=1S/C22H22N2O6/c1-14(11-16(13-23(27)28)15-7-5-4-6-8-15)20-18-10-9-17(29-2)12-19(18)24(21(20)25)22(26)30-3/h4-10,12,16H,11,13H2,1-3H3/b20-14-/t16-/m0/s1. The minimum atomic E-state index is -0.804. The van der Waals surface area contributed by atoms with Gasteiger partial charge in [-0.05, 0) is 31.0 Å². The van der Waals surface area contributed by atoms with Crippen LogP contribution in [0.25, 0.3) is 5.57 Å². The Morgan fingerprint density at radius 2 is 1.87 bits per heavy atom. The van der Waals surface area contributed by atoms with Gasteiger partial charge in [-0.2, -0.15) is 0 Å². The lowest BCUT2D eigenvalue weighted by Crippen LogP contribution is -2.33. The molecule has 0 bridgehead atoms. The SMILES string of the molecule is COC(=O)N1C(=O)/C(=C(/C)C[C@@H](C[N+](=O)[O-])c2ccccc2)c2ccc(OC)cc21. The van der Waals surface area contributed by atoms with Crippen molar-refractivity contribution in [2.45, 2.75) is 19.3 Å². The van der Waals surface area contributed by atoms with E-state index in [0.29, 0.717) is 34.6 Å². The van der Waals surface area contributed by atoms with Gasteiger partial charge in [0.15, 0.2) is 0 Å². The van der Waals surface area contributed by atoms with Gasteiger partial charge in [-0.25, -0.2) is 9.69 Å². The number of carbonyl (C=O) groups excluding carboxylic acids is 2. The second kappa shape index (κ2) is 8.77. The van der Waals surface area contributed by atoms with E-state index in [1.165, 1.54) is 14.2 Å². The Hall–Kier alpha value is -3.68. The first-order valence-corrected chi connectivity index (χ1v) is 9.34. The average molecular weight is 410 g/mol. The molecule has 1 heterocycles. The first-order valence-electron chi connectivity index (χ1n) is 9.34. The van der Waals surface area contributed by atoms with Gasteiger partial charge in [0.2, 0.25) is 6.54 Å². The van der Waals surface area contributed by atoms with Crippen LogP contribution in [-0.2, 0) is 9.53 Å². The first kappa shape index (κ1) is 21.0. The summed E-state index contributed by atoms with van der Waals surface area (Å²) >= 11 is 0. The Labute approximate surface area is 173 Å². The van der Waals surface area contributed by atoms with Crippen molar-refractivity contribution in [2.24, 2.45) is 0 Å². The predicted octanol–water partition coefficient (Wildman–Crippen LogP) is 4.03. The number of hydrogen-bond acceptors (Lipinski definition) is 6. The molecule has 156 valence electrons. The number of imide groups is 1. The highest BCUT2D eigenvalue weighted by molar-refractivity contribution is 6.39. The Bertz CT molecular complexity index is 1020. The normalized spacial score (nSPS) is 15.4. The Morgan fingerprint density at radius 1 is 1.17 bits per heavy atom. The van der Waals surface area contributed by atoms with Crippen molar-refractivity contribution < 1.29 is 24.0 Å². The Kier molecular flexibility index (Phi) is 6.15. The average Bonchev–Trinajstić information content (AvgIpc) is 3.03. The van der Waals surface area contributed by atoms with E-state index < -0.39 is 17.9 Å². The second-order valence-electron chi connectivity index (χ2n) is 6.98. The summed E-state index contributed by atoms with van der Waals surface area (Å²) in [6.07, 6.45) is -0.505. The summed E-state index contributed by atoms with van der Waals surface area (Å²) in [7, 11) is 2.69. The zero-order valence-electron chi connectivity index (χ0n) is 17.0. The number of nitrogens with zero attached hydrogens (tertiary/aromatic N) is 2. The summed E-state index contributed by atoms with van der Waals surface area (Å²) in [5, 5.41) is 11.2. The molecule has 0 saturated carbocycles. The van der Waals surface area contributed by atoms with Crippen molar-refractivity contribution in [2.75, 3.05) is 25.7 Å². The molecule has 0 fully saturated rings. The fraction of sp³-hybridized carbons (Fsp3) is 0.273. The number of carbonyl (C=O) groups is 2. The van der Waals surface area contributed by atoms with Crippen molar-refractivity contribution >= 4 is 23.3 Å². The highest BCUT2D eigenvalue weighted by Gasteiger charge is 2.39. The van der Waals surface area contributed by atoms with Crippen LogP contribution in [0.3, 0.4) is 0 Å². The fourth-order valence-corrected chi connectivity index (χ4v) is 3.72. The molecule has 3 rings (SSSR count). The van der Waals surface area contributed by atoms with Gasteiger partial charge in [-0.3, -0.25) is 14.9 Å². The first-order chi connectivity index (χ1) is 14.4. The molecule has 8 heteroatoms. The van der Waals surface area contributed by atoms with Crippen LogP contribution >= 0.6 is 0 Å². The van der Waals surface area contributed by atoms with Crippen molar-refractivity contribution in [1.82, 2.24) is 0 Å². The summed E-state index contributed by atoms with van der Waals surface area (Å²) in [5.41, 5.74) is 2.76. The van der Waals surface area contributed by atoms with Crippen LogP contribution in [0.5, 0.6) is 5.75 Å². The molecule has 2 amide bonds. The van der Waals surface area contributed by atoms with E-state index in [9.17, 15) is 19.7 Å². The van der Waals surface area contributed by atoms with Gasteiger partial charge in [0.05, 0.1) is 25.8 Å². The number of rotatable bonds is 6. The maximum Gasteiger partial charge on any atom is 0.421 e. The third-order valence-corrected chi connectivity index (χ3v) is 5.11. The Balaban J connectivity index is 2.06. The van der Waals surface area contributed by atoms with Crippen LogP contribution in [0.15, 0.2) is 54.1 Å². The molecule has 1 atom stereocenters. The molecule has 0 aliphatic carbocycles. The summed E-state index contributed by atoms with van der Waals surface area (Å²) in [6.45, 7) is 1.50. The zero-order chi connectivity index (χ0) is 21.8. The van der Waals surface area contributed by atoms with Crippen molar-refractivity contribution in [3.8, 4) is 5.75 Å². The molecule has 0 radical (unpaired) electrons. The van der Waals surface area contributed by atoms with Crippen LogP contribution in [-0.4, -0.2) is 37.7 Å². The number of hydrogen-bond donors (Lipinski definition) is 0. The number of nitro groups is 1. The van der Waals surface area contributed by atoms with Crippen LogP contribution in [0.1, 0.15) is 30.4 Å². The zero-order valence-corrected chi connectivity index (χ0v) is 17.0. The van der Waals surface area contributed by atoms with Crippen molar-refractivity contribution in [3.05, 3.63) is 75.3 Å². The summed E-state index contributed by atoms with van der Waals surface area (Å²) in [6, 6.07) is 14.2. The van der Waals surface area contributed by atoms with Crippen molar-refractivity contribution in [3.63, 3.8) is 0 Å². The van der Waals surface area contributed by atoms with E-state index in [2.05, 4.69) is 0 Å². The third kappa shape index (κ3) is 4.03. The molecule has 2 aromatic rings. The van der Waals surface area contributed by atoms with Gasteiger partial charge in [0, 0.05) is 22.1 Å². The number of amides is 2. The van der Waals surface area contributed by atoms with Crippen LogP contribution in [0.4, 0.5) is 10.5 Å². The van der Waals surface area contributed by atoms with Crippen LogP contribution in [0, 0.1) is 10.1 Å². The number of benzene rings is 2. The summed E-state index contributed by atoms with van der Waals surface area (Å²) in [4.78, 5) is 37.3. The number of anilines is 1. The molecular formula is C22H22N2O6. The molecule has 8 nitrogen and oxygen atoms in total. The predicted molar refractivity (Wildman–Crippen MR) is 111 cm³/mol. The lowest BCUT2D eigenvalue weighted by molar-refractivity contribution is -0.483. The fourth-order valence-electron chi connectivity index (χ4n) is 3.72. The van der Waals surface area contributed by atoms with Gasteiger partial charge < -0.3 is 9.47 Å². The monoisotopic (exact) mass is 410 g/mol. The quantitative estimate of drug-likeness (QED) is 0.405. The summed E-state index contributed by atoms with van der Waals surface area (Å²) < 4.78 is 10.00. The van der Waals surface area contributed by atoms with E-state index in [4.69, 9.17) is 9.47 Å². The molecule has 0 N–H and O–H groups in total. The second-order valence-corrected chi connectivity index (χ2v) is 6.98. The number of ether oxygens (including phenoxy) is 2. The van der Waals surface area contributed by atoms with E-state index in [1.807, 2.05) is 30.3 Å². The van der Waals surface area contributed by atoms with Gasteiger partial charge in [0.25, 0.3) is 5.91 Å².